The van der Waals surface area contributed by atoms with Crippen LogP contribution in [0.4, 0.5) is 22.0 Å². The number of hydrogen-bond donors (Lipinski definition) is 3. The predicted molar refractivity (Wildman–Crippen MR) is 164 cm³/mol. The van der Waals surface area contributed by atoms with Crippen molar-refractivity contribution in [2.75, 3.05) is 5.75 Å². The Morgan fingerprint density at radius 1 is 0.841 bits per heavy atom. The van der Waals surface area contributed by atoms with Gasteiger partial charge in [0.2, 0.25) is 0 Å². The molecule has 4 nitrogen and oxygen atoms in total. The molecule has 3 atom stereocenters. The zero-order valence-corrected chi connectivity index (χ0v) is 26.2. The Labute approximate surface area is 261 Å². The molecule has 44 heavy (non-hydrogen) atoms. The van der Waals surface area contributed by atoms with Crippen LogP contribution in [0.5, 0.6) is 11.5 Å². The van der Waals surface area contributed by atoms with Crippen LogP contribution in [0.15, 0.2) is 47.4 Å². The average Bonchev–Trinajstić information content (AvgIpc) is 2.95. The highest BCUT2D eigenvalue weighted by atomic mass is 32.2. The minimum atomic E-state index is -5.52. The number of phenolic OH excluding ortho intramolecular Hbond substituents is 2. The van der Waals surface area contributed by atoms with Gasteiger partial charge in [-0.05, 0) is 67.0 Å². The molecule has 1 heterocycles. The number of alkyl halides is 5. The molecule has 0 aromatic heterocycles. The second kappa shape index (κ2) is 16.2. The predicted octanol–water partition coefficient (Wildman–Crippen LogP) is 10.6. The topological polar surface area (TPSA) is 77.8 Å². The number of hydrogen-bond acceptors (Lipinski definition) is 4. The highest BCUT2D eigenvalue weighted by Crippen LogP contribution is 2.52. The lowest BCUT2D eigenvalue weighted by molar-refractivity contribution is -0.284. The van der Waals surface area contributed by atoms with Crippen molar-refractivity contribution in [1.29, 1.82) is 0 Å². The molecule has 246 valence electrons. The Morgan fingerprint density at radius 3 is 1.98 bits per heavy atom. The Hall–Kier alpha value is -2.49. The number of carboxylic acid groups (broad SMARTS) is 1. The van der Waals surface area contributed by atoms with Gasteiger partial charge in [0.25, 0.3) is 0 Å². The molecule has 1 aliphatic heterocycles. The number of aliphatic carboxylic acids is 1. The molecule has 0 saturated carbocycles. The van der Waals surface area contributed by atoms with Crippen LogP contribution >= 0.6 is 11.8 Å². The van der Waals surface area contributed by atoms with Gasteiger partial charge in [0.05, 0.1) is 5.92 Å². The summed E-state index contributed by atoms with van der Waals surface area (Å²) in [6.07, 6.45) is 1.94. The van der Waals surface area contributed by atoms with Crippen molar-refractivity contribution in [3.63, 3.8) is 0 Å². The van der Waals surface area contributed by atoms with Crippen LogP contribution in [0.1, 0.15) is 114 Å². The monoisotopic (exact) mass is 644 g/mol. The van der Waals surface area contributed by atoms with Gasteiger partial charge in [0.15, 0.2) is 0 Å². The highest BCUT2D eigenvalue weighted by molar-refractivity contribution is 7.99. The lowest BCUT2D eigenvalue weighted by atomic mass is 9.68. The Balaban J connectivity index is 1.37. The summed E-state index contributed by atoms with van der Waals surface area (Å²) in [5.74, 6) is -4.43. The number of benzene rings is 2. The summed E-state index contributed by atoms with van der Waals surface area (Å²) in [5.41, 5.74) is 2.30. The van der Waals surface area contributed by atoms with Crippen LogP contribution in [0.3, 0.4) is 0 Å². The lowest BCUT2D eigenvalue weighted by Crippen LogP contribution is -2.36. The number of carboxylic acids is 1. The molecular formula is C34H45F5O4S. The van der Waals surface area contributed by atoms with Gasteiger partial charge in [-0.2, -0.15) is 22.0 Å². The summed E-state index contributed by atoms with van der Waals surface area (Å²) in [6.45, 7) is 2.28. The number of halogens is 5. The molecule has 0 bridgehead atoms. The molecule has 1 unspecified atom stereocenters. The van der Waals surface area contributed by atoms with Gasteiger partial charge in [-0.15, -0.1) is 11.8 Å². The first-order chi connectivity index (χ1) is 20.7. The number of rotatable bonds is 18. The number of phenols is 2. The third kappa shape index (κ3) is 10.0. The second-order valence-electron chi connectivity index (χ2n) is 12.4. The summed E-state index contributed by atoms with van der Waals surface area (Å²) < 4.78 is 62.7. The standard InChI is InChI=1S/C34H45F5O4S/c1-32(25-15-17-26(40)18-16-25)23-44-30-22-27(41)19-20-28(30)29(32)14-10-5-3-2-4-8-12-24(31(42)43)13-9-6-7-11-21-33(35,36)34(37,38)39/h15-20,22,24,29,40-41H,2-14,21,23H2,1H3,(H,42,43)/t24?,29-,32-/m1/s1. The number of unbranched alkanes of at least 4 members (excludes halogenated alkanes) is 8. The number of thioether (sulfide) groups is 1. The van der Waals surface area contributed by atoms with E-state index in [2.05, 4.69) is 6.92 Å². The number of fused-ring (bicyclic) bond motifs is 1. The summed E-state index contributed by atoms with van der Waals surface area (Å²) in [7, 11) is 0. The maximum absolute atomic E-state index is 13.0. The first-order valence-corrected chi connectivity index (χ1v) is 16.7. The van der Waals surface area contributed by atoms with E-state index in [0.29, 0.717) is 25.7 Å². The molecule has 0 aliphatic carbocycles. The van der Waals surface area contributed by atoms with Crippen molar-refractivity contribution in [2.45, 2.75) is 125 Å². The quantitative estimate of drug-likeness (QED) is 0.111. The van der Waals surface area contributed by atoms with Crippen LogP contribution in [-0.4, -0.2) is 39.1 Å². The molecule has 0 radical (unpaired) electrons. The van der Waals surface area contributed by atoms with Crippen molar-refractivity contribution in [3.05, 3.63) is 53.6 Å². The Kier molecular flexibility index (Phi) is 13.2. The minimum absolute atomic E-state index is 0.123. The minimum Gasteiger partial charge on any atom is -0.508 e. The van der Waals surface area contributed by atoms with E-state index in [1.54, 1.807) is 30.0 Å². The molecule has 0 saturated heterocycles. The molecular weight excluding hydrogens is 599 g/mol. The Bertz CT molecular complexity index is 1190. The molecule has 1 aliphatic rings. The van der Waals surface area contributed by atoms with E-state index in [1.807, 2.05) is 24.3 Å². The van der Waals surface area contributed by atoms with Crippen molar-refractivity contribution in [1.82, 2.24) is 0 Å². The summed E-state index contributed by atoms with van der Waals surface area (Å²) in [5, 5.41) is 29.4. The van der Waals surface area contributed by atoms with E-state index < -0.39 is 30.4 Å². The third-order valence-corrected chi connectivity index (χ3v) is 10.5. The van der Waals surface area contributed by atoms with Gasteiger partial charge < -0.3 is 15.3 Å². The van der Waals surface area contributed by atoms with Crippen molar-refractivity contribution in [3.8, 4) is 11.5 Å². The van der Waals surface area contributed by atoms with Gasteiger partial charge in [0, 0.05) is 22.5 Å². The molecule has 2 aromatic rings. The largest absolute Gasteiger partial charge is 0.508 e. The second-order valence-corrected chi connectivity index (χ2v) is 13.4. The normalized spacial score (nSPS) is 19.5. The first kappa shape index (κ1) is 36.0. The van der Waals surface area contributed by atoms with E-state index in [-0.39, 0.29) is 35.7 Å². The summed E-state index contributed by atoms with van der Waals surface area (Å²) in [4.78, 5) is 12.8. The molecule has 0 amide bonds. The van der Waals surface area contributed by atoms with Gasteiger partial charge in [-0.1, -0.05) is 82.9 Å². The van der Waals surface area contributed by atoms with Crippen LogP contribution < -0.4 is 0 Å². The van der Waals surface area contributed by atoms with Crippen molar-refractivity contribution < 1.29 is 42.1 Å². The first-order valence-electron chi connectivity index (χ1n) is 15.7. The van der Waals surface area contributed by atoms with Crippen LogP contribution in [0.2, 0.25) is 0 Å². The molecule has 3 N–H and O–H groups in total. The molecule has 10 heteroatoms. The SMILES string of the molecule is C[C@]1(c2ccc(O)cc2)CSc2cc(O)ccc2[C@H]1CCCCCCCCC(CCCCCCC(F)(F)C(F)(F)F)C(=O)O. The zero-order valence-electron chi connectivity index (χ0n) is 25.4. The number of aromatic hydroxyl groups is 2. The van der Waals surface area contributed by atoms with E-state index in [1.165, 1.54) is 11.1 Å². The maximum atomic E-state index is 13.0. The van der Waals surface area contributed by atoms with Crippen LogP contribution in [-0.2, 0) is 10.2 Å². The van der Waals surface area contributed by atoms with E-state index in [9.17, 15) is 42.1 Å². The maximum Gasteiger partial charge on any atom is 0.453 e. The molecule has 2 aromatic carbocycles. The van der Waals surface area contributed by atoms with Gasteiger partial charge >= 0.3 is 18.1 Å². The summed E-state index contributed by atoms with van der Waals surface area (Å²) >= 11 is 1.75. The zero-order chi connectivity index (χ0) is 32.4. The highest BCUT2D eigenvalue weighted by Gasteiger charge is 2.56. The van der Waals surface area contributed by atoms with Crippen molar-refractivity contribution >= 4 is 17.7 Å². The van der Waals surface area contributed by atoms with E-state index >= 15 is 0 Å². The summed E-state index contributed by atoms with van der Waals surface area (Å²) in [6, 6.07) is 13.1. The average molecular weight is 645 g/mol. The fourth-order valence-corrected chi connectivity index (χ4v) is 7.68. The van der Waals surface area contributed by atoms with Gasteiger partial charge in [-0.25, -0.2) is 0 Å². The van der Waals surface area contributed by atoms with E-state index in [0.717, 1.165) is 55.6 Å². The Morgan fingerprint density at radius 2 is 1.39 bits per heavy atom. The van der Waals surface area contributed by atoms with Crippen LogP contribution in [0.25, 0.3) is 0 Å². The number of carbonyl (C=O) groups is 1. The molecule has 3 rings (SSSR count). The lowest BCUT2D eigenvalue weighted by Gasteiger charge is -2.43. The fraction of sp³-hybridized carbons (Fsp3) is 0.618. The van der Waals surface area contributed by atoms with Crippen LogP contribution in [0, 0.1) is 5.92 Å². The molecule has 0 spiro atoms. The third-order valence-electron chi connectivity index (χ3n) is 9.05. The van der Waals surface area contributed by atoms with Gasteiger partial charge in [0.1, 0.15) is 11.5 Å². The van der Waals surface area contributed by atoms with E-state index in [4.69, 9.17) is 0 Å². The fourth-order valence-electron chi connectivity index (χ4n) is 6.28. The van der Waals surface area contributed by atoms with Gasteiger partial charge in [-0.3, -0.25) is 4.79 Å². The molecule has 0 fully saturated rings. The smallest absolute Gasteiger partial charge is 0.453 e. The van der Waals surface area contributed by atoms with Crippen molar-refractivity contribution in [2.24, 2.45) is 5.92 Å².